The average Bonchev–Trinajstić information content (AvgIpc) is 2.87. The molecule has 0 spiro atoms. The van der Waals surface area contributed by atoms with Gasteiger partial charge < -0.3 is 15.5 Å². The molecule has 0 atom stereocenters. The molecule has 0 bridgehead atoms. The topological polar surface area (TPSA) is 69.6 Å². The number of rotatable bonds is 6. The van der Waals surface area contributed by atoms with E-state index in [2.05, 4.69) is 5.32 Å². The molecule has 1 rings (SSSR count). The Morgan fingerprint density at radius 2 is 2.24 bits per heavy atom. The summed E-state index contributed by atoms with van der Waals surface area (Å²) in [6, 6.07) is 3.81. The molecule has 0 aliphatic rings. The summed E-state index contributed by atoms with van der Waals surface area (Å²) in [6.45, 7) is 1.24. The van der Waals surface area contributed by atoms with Crippen LogP contribution in [0.3, 0.4) is 0 Å². The lowest BCUT2D eigenvalue weighted by molar-refractivity contribution is -0.119. The third-order valence-corrected chi connectivity index (χ3v) is 3.45. The number of nitrogens with one attached hydrogen (secondary N) is 1. The molecule has 1 amide bonds. The highest BCUT2D eigenvalue weighted by Gasteiger charge is 2.27. The van der Waals surface area contributed by atoms with Crippen LogP contribution in [0.2, 0.25) is 0 Å². The summed E-state index contributed by atoms with van der Waals surface area (Å²) >= 11 is 1.53. The van der Waals surface area contributed by atoms with Crippen molar-refractivity contribution in [2.75, 3.05) is 13.2 Å². The van der Waals surface area contributed by atoms with Crippen molar-refractivity contribution in [3.05, 3.63) is 28.5 Å². The first-order valence-corrected chi connectivity index (χ1v) is 6.29. The highest BCUT2D eigenvalue weighted by Crippen LogP contribution is 2.11. The molecule has 1 heterocycles. The molecule has 0 saturated carbocycles. The number of carbonyl (C=O) groups is 1. The van der Waals surface area contributed by atoms with Gasteiger partial charge in [0.2, 0.25) is 5.91 Å². The van der Waals surface area contributed by atoms with Crippen molar-refractivity contribution in [1.29, 1.82) is 0 Å². The van der Waals surface area contributed by atoms with E-state index in [0.717, 1.165) is 4.88 Å². The number of aliphatic hydroxyl groups is 2. The van der Waals surface area contributed by atoms with Crippen LogP contribution in [0, 0.1) is 0 Å². The number of hydrogen-bond donors (Lipinski definition) is 3. The maximum Gasteiger partial charge on any atom is 0.244 e. The Bertz CT molecular complexity index is 361. The second-order valence-corrected chi connectivity index (χ2v) is 4.77. The zero-order valence-electron chi connectivity index (χ0n) is 9.72. The zero-order chi connectivity index (χ0) is 12.7. The van der Waals surface area contributed by atoms with Crippen LogP contribution in [-0.2, 0) is 4.79 Å². The van der Waals surface area contributed by atoms with E-state index in [9.17, 15) is 15.0 Å². The molecule has 0 saturated heterocycles. The van der Waals surface area contributed by atoms with Crippen molar-refractivity contribution in [3.63, 3.8) is 0 Å². The van der Waals surface area contributed by atoms with E-state index in [-0.39, 0.29) is 19.1 Å². The van der Waals surface area contributed by atoms with Crippen LogP contribution in [0.5, 0.6) is 0 Å². The smallest absolute Gasteiger partial charge is 0.244 e. The minimum Gasteiger partial charge on any atom is -0.394 e. The molecule has 0 fully saturated rings. The largest absolute Gasteiger partial charge is 0.394 e. The minimum atomic E-state index is -0.934. The fourth-order valence-electron chi connectivity index (χ4n) is 1.29. The summed E-state index contributed by atoms with van der Waals surface area (Å²) in [5.74, 6) is -0.316. The molecule has 5 heteroatoms. The van der Waals surface area contributed by atoms with E-state index in [0.29, 0.717) is 6.42 Å². The molecule has 0 aromatic carbocycles. The number of amides is 1. The molecule has 0 aliphatic carbocycles. The first-order chi connectivity index (χ1) is 8.15. The quantitative estimate of drug-likeness (QED) is 0.664. The summed E-state index contributed by atoms with van der Waals surface area (Å²) in [4.78, 5) is 12.6. The molecule has 0 radical (unpaired) electrons. The standard InChI is InChI=1S/C12H17NO3S/c1-2-12(8-14,9-15)13-11(16)6-5-10-4-3-7-17-10/h3-7,14-15H,2,8-9H2,1H3,(H,13,16)/b6-5+. The normalized spacial score (nSPS) is 11.9. The fourth-order valence-corrected chi connectivity index (χ4v) is 1.91. The van der Waals surface area contributed by atoms with Crippen molar-refractivity contribution in [3.8, 4) is 0 Å². The van der Waals surface area contributed by atoms with Crippen molar-refractivity contribution >= 4 is 23.3 Å². The molecule has 0 aliphatic heterocycles. The van der Waals surface area contributed by atoms with E-state index in [1.807, 2.05) is 17.5 Å². The van der Waals surface area contributed by atoms with Gasteiger partial charge in [0.25, 0.3) is 0 Å². The molecule has 94 valence electrons. The summed E-state index contributed by atoms with van der Waals surface area (Å²) in [5, 5.41) is 22.9. The second kappa shape index (κ2) is 6.54. The summed E-state index contributed by atoms with van der Waals surface area (Å²) < 4.78 is 0. The highest BCUT2D eigenvalue weighted by molar-refractivity contribution is 7.10. The van der Waals surface area contributed by atoms with Gasteiger partial charge in [0.1, 0.15) is 0 Å². The van der Waals surface area contributed by atoms with Gasteiger partial charge in [0, 0.05) is 11.0 Å². The summed E-state index contributed by atoms with van der Waals surface area (Å²) in [5.41, 5.74) is -0.934. The van der Waals surface area contributed by atoms with Gasteiger partial charge in [0.05, 0.1) is 18.8 Å². The van der Waals surface area contributed by atoms with Crippen LogP contribution in [0.4, 0.5) is 0 Å². The van der Waals surface area contributed by atoms with E-state index < -0.39 is 5.54 Å². The van der Waals surface area contributed by atoms with Gasteiger partial charge in [-0.2, -0.15) is 0 Å². The van der Waals surface area contributed by atoms with Crippen LogP contribution in [0.25, 0.3) is 6.08 Å². The molecule has 4 nitrogen and oxygen atoms in total. The second-order valence-electron chi connectivity index (χ2n) is 3.79. The third-order valence-electron chi connectivity index (χ3n) is 2.61. The number of aliphatic hydroxyl groups excluding tert-OH is 2. The van der Waals surface area contributed by atoms with Crippen LogP contribution < -0.4 is 5.32 Å². The predicted molar refractivity (Wildman–Crippen MR) is 68.7 cm³/mol. The fraction of sp³-hybridized carbons (Fsp3) is 0.417. The zero-order valence-corrected chi connectivity index (χ0v) is 10.5. The number of carbonyl (C=O) groups excluding carboxylic acids is 1. The van der Waals surface area contributed by atoms with Crippen LogP contribution in [0.15, 0.2) is 23.6 Å². The van der Waals surface area contributed by atoms with Gasteiger partial charge in [-0.15, -0.1) is 11.3 Å². The molecular formula is C12H17NO3S. The van der Waals surface area contributed by atoms with Gasteiger partial charge in [-0.1, -0.05) is 13.0 Å². The molecule has 1 aromatic rings. The third kappa shape index (κ3) is 3.96. The Hall–Kier alpha value is -1.17. The Morgan fingerprint density at radius 3 is 2.71 bits per heavy atom. The van der Waals surface area contributed by atoms with E-state index >= 15 is 0 Å². The lowest BCUT2D eigenvalue weighted by Gasteiger charge is -2.28. The summed E-state index contributed by atoms with van der Waals surface area (Å²) in [7, 11) is 0. The predicted octanol–water partition coefficient (Wildman–Crippen LogP) is 1.01. The van der Waals surface area contributed by atoms with Crippen molar-refractivity contribution in [2.24, 2.45) is 0 Å². The van der Waals surface area contributed by atoms with E-state index in [4.69, 9.17) is 0 Å². The van der Waals surface area contributed by atoms with Gasteiger partial charge in [0.15, 0.2) is 0 Å². The van der Waals surface area contributed by atoms with Gasteiger partial charge in [-0.25, -0.2) is 0 Å². The van der Waals surface area contributed by atoms with Crippen LogP contribution in [0.1, 0.15) is 18.2 Å². The van der Waals surface area contributed by atoms with Crippen LogP contribution >= 0.6 is 11.3 Å². The first-order valence-electron chi connectivity index (χ1n) is 5.41. The molecule has 17 heavy (non-hydrogen) atoms. The molecule has 1 aromatic heterocycles. The average molecular weight is 255 g/mol. The Kier molecular flexibility index (Phi) is 5.34. The van der Waals surface area contributed by atoms with Gasteiger partial charge in [-0.05, 0) is 23.9 Å². The van der Waals surface area contributed by atoms with Crippen molar-refractivity contribution in [2.45, 2.75) is 18.9 Å². The number of hydrogen-bond acceptors (Lipinski definition) is 4. The van der Waals surface area contributed by atoms with Crippen molar-refractivity contribution < 1.29 is 15.0 Å². The first kappa shape index (κ1) is 13.9. The maximum atomic E-state index is 11.6. The SMILES string of the molecule is CCC(CO)(CO)NC(=O)/C=C/c1cccs1. The molecule has 0 unspecified atom stereocenters. The highest BCUT2D eigenvalue weighted by atomic mass is 32.1. The lowest BCUT2D eigenvalue weighted by Crippen LogP contribution is -2.53. The molecular weight excluding hydrogens is 238 g/mol. The van der Waals surface area contributed by atoms with E-state index in [1.54, 1.807) is 13.0 Å². The minimum absolute atomic E-state index is 0.279. The van der Waals surface area contributed by atoms with E-state index in [1.165, 1.54) is 17.4 Å². The maximum absolute atomic E-state index is 11.6. The Labute approximate surface area is 105 Å². The van der Waals surface area contributed by atoms with Gasteiger partial charge in [-0.3, -0.25) is 4.79 Å². The number of thiophene rings is 1. The molecule has 3 N–H and O–H groups in total. The van der Waals surface area contributed by atoms with Gasteiger partial charge >= 0.3 is 0 Å². The lowest BCUT2D eigenvalue weighted by atomic mass is 9.98. The summed E-state index contributed by atoms with van der Waals surface area (Å²) in [6.07, 6.45) is 3.58. The van der Waals surface area contributed by atoms with Crippen LogP contribution in [-0.4, -0.2) is 34.9 Å². The monoisotopic (exact) mass is 255 g/mol. The van der Waals surface area contributed by atoms with Crippen molar-refractivity contribution in [1.82, 2.24) is 5.32 Å². The Morgan fingerprint density at radius 1 is 1.53 bits per heavy atom. The Balaban J connectivity index is 2.59.